The van der Waals surface area contributed by atoms with E-state index in [1.165, 1.54) is 5.56 Å². The normalized spacial score (nSPS) is 17.1. The van der Waals surface area contributed by atoms with Gasteiger partial charge in [0.2, 0.25) is 0 Å². The van der Waals surface area contributed by atoms with E-state index in [1.807, 2.05) is 12.1 Å². The van der Waals surface area contributed by atoms with Gasteiger partial charge in [0.05, 0.1) is 0 Å². The van der Waals surface area contributed by atoms with Crippen molar-refractivity contribution in [3.8, 4) is 5.75 Å². The van der Waals surface area contributed by atoms with E-state index in [4.69, 9.17) is 4.74 Å². The molecule has 0 bridgehead atoms. The zero-order chi connectivity index (χ0) is 8.39. The Kier molecular flexibility index (Phi) is 2.00. The van der Waals surface area contributed by atoms with Crippen molar-refractivity contribution >= 4 is 0 Å². The molecular weight excluding hydrogens is 150 g/mol. The quantitative estimate of drug-likeness (QED) is 0.710. The van der Waals surface area contributed by atoms with Gasteiger partial charge in [-0.2, -0.15) is 0 Å². The first kappa shape index (κ1) is 7.62. The summed E-state index contributed by atoms with van der Waals surface area (Å²) in [4.78, 5) is 0. The van der Waals surface area contributed by atoms with Crippen LogP contribution in [0.5, 0.6) is 5.75 Å². The Balaban J connectivity index is 1.98. The van der Waals surface area contributed by atoms with Gasteiger partial charge in [-0.05, 0) is 19.1 Å². The van der Waals surface area contributed by atoms with Gasteiger partial charge in [0, 0.05) is 13.1 Å². The molecule has 1 aromatic rings. The zero-order valence-corrected chi connectivity index (χ0v) is 7.21. The van der Waals surface area contributed by atoms with Crippen LogP contribution in [0, 0.1) is 6.92 Å². The first-order valence-electron chi connectivity index (χ1n) is 4.28. The summed E-state index contributed by atoms with van der Waals surface area (Å²) in [5.74, 6) is 0.979. The fraction of sp³-hybridized carbons (Fsp3) is 0.400. The Morgan fingerprint density at radius 1 is 1.25 bits per heavy atom. The van der Waals surface area contributed by atoms with Crippen LogP contribution >= 0.6 is 0 Å². The SMILES string of the molecule is Cc1ccc(OC2CNC2)cc1. The number of rotatable bonds is 2. The van der Waals surface area contributed by atoms with E-state index in [9.17, 15) is 0 Å². The van der Waals surface area contributed by atoms with Crippen molar-refractivity contribution in [3.63, 3.8) is 0 Å². The maximum Gasteiger partial charge on any atom is 0.123 e. The lowest BCUT2D eigenvalue weighted by atomic mass is 10.2. The van der Waals surface area contributed by atoms with Crippen molar-refractivity contribution in [1.82, 2.24) is 5.32 Å². The van der Waals surface area contributed by atoms with Gasteiger partial charge < -0.3 is 10.1 Å². The average molecular weight is 163 g/mol. The number of hydrogen-bond acceptors (Lipinski definition) is 2. The molecule has 0 spiro atoms. The summed E-state index contributed by atoms with van der Waals surface area (Å²) < 4.78 is 5.64. The van der Waals surface area contributed by atoms with E-state index in [-0.39, 0.29) is 0 Å². The van der Waals surface area contributed by atoms with Crippen molar-refractivity contribution in [2.24, 2.45) is 0 Å². The van der Waals surface area contributed by atoms with Gasteiger partial charge in [-0.25, -0.2) is 0 Å². The fourth-order valence-electron chi connectivity index (χ4n) is 1.15. The number of benzene rings is 1. The van der Waals surface area contributed by atoms with Crippen molar-refractivity contribution in [2.45, 2.75) is 13.0 Å². The molecule has 1 saturated heterocycles. The van der Waals surface area contributed by atoms with E-state index < -0.39 is 0 Å². The van der Waals surface area contributed by atoms with Crippen LogP contribution in [0.2, 0.25) is 0 Å². The number of aryl methyl sites for hydroxylation is 1. The van der Waals surface area contributed by atoms with Crippen molar-refractivity contribution in [1.29, 1.82) is 0 Å². The summed E-state index contributed by atoms with van der Waals surface area (Å²) in [7, 11) is 0. The Labute approximate surface area is 72.5 Å². The number of ether oxygens (including phenoxy) is 1. The molecule has 2 nitrogen and oxygen atoms in total. The van der Waals surface area contributed by atoms with Crippen LogP contribution in [0.3, 0.4) is 0 Å². The molecule has 1 heterocycles. The van der Waals surface area contributed by atoms with Gasteiger partial charge >= 0.3 is 0 Å². The van der Waals surface area contributed by atoms with Crippen LogP contribution in [0.4, 0.5) is 0 Å². The van der Waals surface area contributed by atoms with Crippen molar-refractivity contribution < 1.29 is 4.74 Å². The second-order valence-electron chi connectivity index (χ2n) is 3.21. The molecule has 1 fully saturated rings. The van der Waals surface area contributed by atoms with E-state index in [2.05, 4.69) is 24.4 Å². The third-order valence-electron chi connectivity index (χ3n) is 2.07. The largest absolute Gasteiger partial charge is 0.488 e. The smallest absolute Gasteiger partial charge is 0.123 e. The first-order chi connectivity index (χ1) is 5.84. The predicted octanol–water partition coefficient (Wildman–Crippen LogP) is 1.35. The van der Waals surface area contributed by atoms with Crippen LogP contribution < -0.4 is 10.1 Å². The van der Waals surface area contributed by atoms with E-state index in [0.29, 0.717) is 6.10 Å². The summed E-state index contributed by atoms with van der Waals surface area (Å²) in [5.41, 5.74) is 1.27. The number of hydrogen-bond donors (Lipinski definition) is 1. The second-order valence-corrected chi connectivity index (χ2v) is 3.21. The lowest BCUT2D eigenvalue weighted by Gasteiger charge is -2.27. The minimum atomic E-state index is 0.382. The summed E-state index contributed by atoms with van der Waals surface area (Å²) in [6.07, 6.45) is 0.382. The van der Waals surface area contributed by atoms with Crippen LogP contribution in [0.25, 0.3) is 0 Å². The molecule has 1 aliphatic rings. The molecule has 0 aliphatic carbocycles. The van der Waals surface area contributed by atoms with Gasteiger partial charge in [0.1, 0.15) is 11.9 Å². The molecule has 0 aromatic heterocycles. The van der Waals surface area contributed by atoms with Gasteiger partial charge in [-0.3, -0.25) is 0 Å². The monoisotopic (exact) mass is 163 g/mol. The minimum Gasteiger partial charge on any atom is -0.488 e. The highest BCUT2D eigenvalue weighted by Crippen LogP contribution is 2.14. The summed E-state index contributed by atoms with van der Waals surface area (Å²) in [5, 5.41) is 3.17. The maximum absolute atomic E-state index is 5.64. The first-order valence-corrected chi connectivity index (χ1v) is 4.28. The molecule has 0 atom stereocenters. The molecule has 0 radical (unpaired) electrons. The van der Waals surface area contributed by atoms with Crippen LogP contribution in [-0.2, 0) is 0 Å². The van der Waals surface area contributed by atoms with Crippen molar-refractivity contribution in [2.75, 3.05) is 13.1 Å². The highest BCUT2D eigenvalue weighted by atomic mass is 16.5. The van der Waals surface area contributed by atoms with E-state index in [1.54, 1.807) is 0 Å². The molecule has 0 unspecified atom stereocenters. The maximum atomic E-state index is 5.64. The molecule has 1 N–H and O–H groups in total. The van der Waals surface area contributed by atoms with Crippen LogP contribution in [0.1, 0.15) is 5.56 Å². The summed E-state index contributed by atoms with van der Waals surface area (Å²) >= 11 is 0. The molecule has 2 rings (SSSR count). The third-order valence-corrected chi connectivity index (χ3v) is 2.07. The Morgan fingerprint density at radius 2 is 1.92 bits per heavy atom. The van der Waals surface area contributed by atoms with Gasteiger partial charge in [-0.15, -0.1) is 0 Å². The molecule has 0 saturated carbocycles. The number of nitrogens with one attached hydrogen (secondary N) is 1. The molecule has 1 aromatic carbocycles. The second kappa shape index (κ2) is 3.15. The highest BCUT2D eigenvalue weighted by Gasteiger charge is 2.17. The molecule has 0 amide bonds. The van der Waals surface area contributed by atoms with Crippen LogP contribution in [-0.4, -0.2) is 19.2 Å². The lowest BCUT2D eigenvalue weighted by Crippen LogP contribution is -2.50. The Hall–Kier alpha value is -1.02. The van der Waals surface area contributed by atoms with Crippen molar-refractivity contribution in [3.05, 3.63) is 29.8 Å². The lowest BCUT2D eigenvalue weighted by molar-refractivity contribution is 0.142. The third kappa shape index (κ3) is 1.59. The standard InChI is InChI=1S/C10H13NO/c1-8-2-4-9(5-3-8)12-10-6-11-7-10/h2-5,10-11H,6-7H2,1H3. The van der Waals surface area contributed by atoms with Gasteiger partial charge in [0.15, 0.2) is 0 Å². The van der Waals surface area contributed by atoms with Crippen LogP contribution in [0.15, 0.2) is 24.3 Å². The van der Waals surface area contributed by atoms with E-state index in [0.717, 1.165) is 18.8 Å². The minimum absolute atomic E-state index is 0.382. The van der Waals surface area contributed by atoms with Gasteiger partial charge in [0.25, 0.3) is 0 Å². The predicted molar refractivity (Wildman–Crippen MR) is 48.5 cm³/mol. The highest BCUT2D eigenvalue weighted by molar-refractivity contribution is 5.26. The molecular formula is C10H13NO. The molecule has 1 aliphatic heterocycles. The van der Waals surface area contributed by atoms with E-state index >= 15 is 0 Å². The molecule has 12 heavy (non-hydrogen) atoms. The fourth-order valence-corrected chi connectivity index (χ4v) is 1.15. The molecule has 2 heteroatoms. The molecule has 64 valence electrons. The van der Waals surface area contributed by atoms with Gasteiger partial charge in [-0.1, -0.05) is 17.7 Å². The topological polar surface area (TPSA) is 21.3 Å². The Morgan fingerprint density at radius 3 is 2.42 bits per heavy atom. The Bertz CT molecular complexity index is 251. The summed E-state index contributed by atoms with van der Waals surface area (Å²) in [6.45, 7) is 4.04. The summed E-state index contributed by atoms with van der Waals surface area (Å²) in [6, 6.07) is 8.18. The average Bonchev–Trinajstić information content (AvgIpc) is 2.00. The zero-order valence-electron chi connectivity index (χ0n) is 7.21.